The van der Waals surface area contributed by atoms with Gasteiger partial charge >= 0.3 is 0 Å². The summed E-state index contributed by atoms with van der Waals surface area (Å²) in [6.45, 7) is 2.88. The van der Waals surface area contributed by atoms with E-state index >= 15 is 0 Å². The Labute approximate surface area is 182 Å². The van der Waals surface area contributed by atoms with Crippen LogP contribution in [0.4, 0.5) is 11.4 Å². The Hall–Kier alpha value is -3.19. The lowest BCUT2D eigenvalue weighted by molar-refractivity contribution is -0.133. The van der Waals surface area contributed by atoms with E-state index in [0.717, 1.165) is 16.9 Å². The molecule has 2 N–H and O–H groups in total. The van der Waals surface area contributed by atoms with Crippen molar-refractivity contribution in [3.63, 3.8) is 0 Å². The molecule has 0 unspecified atom stereocenters. The lowest BCUT2D eigenvalue weighted by Gasteiger charge is -2.34. The summed E-state index contributed by atoms with van der Waals surface area (Å²) < 4.78 is 0. The zero-order chi connectivity index (χ0) is 21.6. The highest BCUT2D eigenvalue weighted by Crippen LogP contribution is 2.27. The maximum Gasteiger partial charge on any atom is 0.238 e. The van der Waals surface area contributed by atoms with Gasteiger partial charge in [-0.2, -0.15) is 0 Å². The fourth-order valence-electron chi connectivity index (χ4n) is 4.18. The molecular formula is C24H28N4O3. The van der Waals surface area contributed by atoms with Crippen LogP contribution in [0.3, 0.4) is 0 Å². The molecule has 0 aliphatic carbocycles. The van der Waals surface area contributed by atoms with Crippen LogP contribution in [-0.4, -0.2) is 60.2 Å². The van der Waals surface area contributed by atoms with E-state index in [2.05, 4.69) is 15.5 Å². The molecule has 2 aliphatic heterocycles. The zero-order valence-corrected chi connectivity index (χ0v) is 17.5. The molecule has 1 fully saturated rings. The number of nitrogens with one attached hydrogen (secondary N) is 2. The standard InChI is InChI=1S/C24H28N4O3/c29-22(25-20-7-2-1-3-8-20)17-27-12-14-28(15-13-27)23(30)11-10-19-16-18-6-4-5-9-21(18)26-24(19)31/h1-9,19H,10-17H2,(H,25,29)(H,26,31)/t19-/m0/s1. The lowest BCUT2D eigenvalue weighted by atomic mass is 9.89. The highest BCUT2D eigenvalue weighted by molar-refractivity contribution is 5.96. The number of hydrogen-bond donors (Lipinski definition) is 2. The van der Waals surface area contributed by atoms with E-state index in [1.807, 2.05) is 59.5 Å². The van der Waals surface area contributed by atoms with Gasteiger partial charge in [0.15, 0.2) is 0 Å². The van der Waals surface area contributed by atoms with Crippen LogP contribution in [0.5, 0.6) is 0 Å². The van der Waals surface area contributed by atoms with Crippen molar-refractivity contribution in [1.82, 2.24) is 9.80 Å². The van der Waals surface area contributed by atoms with Crippen molar-refractivity contribution in [3.8, 4) is 0 Å². The molecule has 2 heterocycles. The number of para-hydroxylation sites is 2. The van der Waals surface area contributed by atoms with Crippen molar-refractivity contribution in [3.05, 3.63) is 60.2 Å². The van der Waals surface area contributed by atoms with Gasteiger partial charge in [-0.15, -0.1) is 0 Å². The summed E-state index contributed by atoms with van der Waals surface area (Å²) in [7, 11) is 0. The molecule has 0 radical (unpaired) electrons. The number of amides is 3. The van der Waals surface area contributed by atoms with Crippen molar-refractivity contribution in [2.24, 2.45) is 5.92 Å². The number of piperazine rings is 1. The Kier molecular flexibility index (Phi) is 6.62. The summed E-state index contributed by atoms with van der Waals surface area (Å²) in [6, 6.07) is 17.2. The molecule has 0 bridgehead atoms. The van der Waals surface area contributed by atoms with E-state index in [1.165, 1.54) is 0 Å². The molecule has 2 aliphatic rings. The predicted molar refractivity (Wildman–Crippen MR) is 120 cm³/mol. The van der Waals surface area contributed by atoms with Gasteiger partial charge < -0.3 is 15.5 Å². The Morgan fingerprint density at radius 3 is 2.45 bits per heavy atom. The van der Waals surface area contributed by atoms with E-state index in [0.29, 0.717) is 52.0 Å². The van der Waals surface area contributed by atoms with Crippen LogP contribution in [0.1, 0.15) is 18.4 Å². The number of anilines is 2. The average molecular weight is 421 g/mol. The first-order chi connectivity index (χ1) is 15.1. The number of carbonyl (C=O) groups excluding carboxylic acids is 3. The molecule has 1 atom stereocenters. The van der Waals surface area contributed by atoms with Gasteiger partial charge in [0.25, 0.3) is 0 Å². The number of rotatable bonds is 6. The number of nitrogens with zero attached hydrogens (tertiary/aromatic N) is 2. The molecule has 0 saturated carbocycles. The van der Waals surface area contributed by atoms with E-state index in [-0.39, 0.29) is 23.6 Å². The number of benzene rings is 2. The highest BCUT2D eigenvalue weighted by atomic mass is 16.2. The Bertz CT molecular complexity index is 939. The molecule has 4 rings (SSSR count). The predicted octanol–water partition coefficient (Wildman–Crippen LogP) is 2.36. The van der Waals surface area contributed by atoms with Crippen LogP contribution in [0.15, 0.2) is 54.6 Å². The zero-order valence-electron chi connectivity index (χ0n) is 17.5. The van der Waals surface area contributed by atoms with Crippen LogP contribution in [-0.2, 0) is 20.8 Å². The van der Waals surface area contributed by atoms with Crippen molar-refractivity contribution in [2.75, 3.05) is 43.4 Å². The summed E-state index contributed by atoms with van der Waals surface area (Å²) in [5, 5.41) is 5.84. The van der Waals surface area contributed by atoms with Crippen molar-refractivity contribution < 1.29 is 14.4 Å². The topological polar surface area (TPSA) is 81.8 Å². The molecule has 1 saturated heterocycles. The molecule has 0 aromatic heterocycles. The average Bonchev–Trinajstić information content (AvgIpc) is 2.78. The maximum atomic E-state index is 12.7. The van der Waals surface area contributed by atoms with Crippen molar-refractivity contribution >= 4 is 29.1 Å². The van der Waals surface area contributed by atoms with Gasteiger partial charge in [-0.05, 0) is 36.6 Å². The minimum Gasteiger partial charge on any atom is -0.340 e. The second-order valence-electron chi connectivity index (χ2n) is 8.16. The van der Waals surface area contributed by atoms with Gasteiger partial charge in [-0.3, -0.25) is 19.3 Å². The Morgan fingerprint density at radius 1 is 0.968 bits per heavy atom. The largest absolute Gasteiger partial charge is 0.340 e. The molecule has 31 heavy (non-hydrogen) atoms. The smallest absolute Gasteiger partial charge is 0.238 e. The van der Waals surface area contributed by atoms with Gasteiger partial charge in [-0.1, -0.05) is 36.4 Å². The summed E-state index contributed by atoms with van der Waals surface area (Å²) >= 11 is 0. The first kappa shape index (κ1) is 21.1. The van der Waals surface area contributed by atoms with Crippen LogP contribution in [0.25, 0.3) is 0 Å². The number of fused-ring (bicyclic) bond motifs is 1. The SMILES string of the molecule is O=C(CN1CCN(C(=O)CC[C@H]2Cc3ccccc3NC2=O)CC1)Nc1ccccc1. The molecule has 7 nitrogen and oxygen atoms in total. The summed E-state index contributed by atoms with van der Waals surface area (Å²) in [5.41, 5.74) is 2.79. The van der Waals surface area contributed by atoms with E-state index in [9.17, 15) is 14.4 Å². The normalized spacial score (nSPS) is 18.8. The lowest BCUT2D eigenvalue weighted by Crippen LogP contribution is -2.50. The van der Waals surface area contributed by atoms with Gasteiger partial charge in [-0.25, -0.2) is 0 Å². The molecule has 0 spiro atoms. The second kappa shape index (κ2) is 9.75. The van der Waals surface area contributed by atoms with Crippen molar-refractivity contribution in [2.45, 2.75) is 19.3 Å². The van der Waals surface area contributed by atoms with Gasteiger partial charge in [0.1, 0.15) is 0 Å². The third-order valence-electron chi connectivity index (χ3n) is 5.97. The highest BCUT2D eigenvalue weighted by Gasteiger charge is 2.28. The van der Waals surface area contributed by atoms with Gasteiger partial charge in [0.2, 0.25) is 17.7 Å². The summed E-state index contributed by atoms with van der Waals surface area (Å²) in [4.78, 5) is 41.1. The monoisotopic (exact) mass is 420 g/mol. The molecule has 162 valence electrons. The number of carbonyl (C=O) groups is 3. The minimum atomic E-state index is -0.165. The first-order valence-electron chi connectivity index (χ1n) is 10.8. The van der Waals surface area contributed by atoms with Gasteiger partial charge in [0.05, 0.1) is 6.54 Å². The number of hydrogen-bond acceptors (Lipinski definition) is 4. The third kappa shape index (κ3) is 5.49. The summed E-state index contributed by atoms with van der Waals surface area (Å²) in [5.74, 6) is -0.128. The van der Waals surface area contributed by atoms with Crippen LogP contribution in [0.2, 0.25) is 0 Å². The quantitative estimate of drug-likeness (QED) is 0.752. The van der Waals surface area contributed by atoms with Crippen molar-refractivity contribution in [1.29, 1.82) is 0 Å². The molecule has 2 aromatic rings. The Balaban J connectivity index is 1.19. The molecule has 7 heteroatoms. The molecule has 2 aromatic carbocycles. The fraction of sp³-hybridized carbons (Fsp3) is 0.375. The second-order valence-corrected chi connectivity index (χ2v) is 8.16. The van der Waals surface area contributed by atoms with E-state index < -0.39 is 0 Å². The molecular weight excluding hydrogens is 392 g/mol. The first-order valence-corrected chi connectivity index (χ1v) is 10.8. The Morgan fingerprint density at radius 2 is 1.68 bits per heavy atom. The van der Waals surface area contributed by atoms with E-state index in [4.69, 9.17) is 0 Å². The third-order valence-corrected chi connectivity index (χ3v) is 5.97. The van der Waals surface area contributed by atoms with Gasteiger partial charge in [0, 0.05) is 49.9 Å². The summed E-state index contributed by atoms with van der Waals surface area (Å²) in [6.07, 6.45) is 1.60. The van der Waals surface area contributed by atoms with Crippen LogP contribution < -0.4 is 10.6 Å². The van der Waals surface area contributed by atoms with Crippen LogP contribution >= 0.6 is 0 Å². The van der Waals surface area contributed by atoms with Crippen LogP contribution in [0, 0.1) is 5.92 Å². The molecule has 3 amide bonds. The fourth-order valence-corrected chi connectivity index (χ4v) is 4.18. The minimum absolute atomic E-state index is 0.000692. The van der Waals surface area contributed by atoms with E-state index in [1.54, 1.807) is 0 Å². The maximum absolute atomic E-state index is 12.7.